The van der Waals surface area contributed by atoms with E-state index in [-0.39, 0.29) is 5.78 Å². The topological polar surface area (TPSA) is 39.2 Å². The quantitative estimate of drug-likeness (QED) is 0.765. The zero-order valence-corrected chi connectivity index (χ0v) is 9.88. The highest BCUT2D eigenvalue weighted by atomic mass is 32.1. The Morgan fingerprint density at radius 1 is 1.44 bits per heavy atom. The molecule has 0 N–H and O–H groups in total. The number of pyridine rings is 1. The monoisotopic (exact) mass is 233 g/mol. The summed E-state index contributed by atoms with van der Waals surface area (Å²) in [6, 6.07) is 3.64. The molecule has 0 atom stereocenters. The number of ether oxygens (including phenoxy) is 1. The van der Waals surface area contributed by atoms with Gasteiger partial charge in [-0.05, 0) is 30.0 Å². The molecule has 3 nitrogen and oxygen atoms in total. The van der Waals surface area contributed by atoms with Gasteiger partial charge in [-0.15, -0.1) is 11.3 Å². The molecular formula is C12H11NO2S. The fourth-order valence-electron chi connectivity index (χ4n) is 1.39. The lowest BCUT2D eigenvalue weighted by atomic mass is 10.1. The van der Waals surface area contributed by atoms with Crippen LogP contribution in [0.1, 0.15) is 20.8 Å². The van der Waals surface area contributed by atoms with E-state index in [9.17, 15) is 4.79 Å². The van der Waals surface area contributed by atoms with Gasteiger partial charge >= 0.3 is 0 Å². The number of hydrogen-bond acceptors (Lipinski definition) is 4. The molecule has 2 aromatic heterocycles. The summed E-state index contributed by atoms with van der Waals surface area (Å²) in [4.78, 5) is 16.8. The van der Waals surface area contributed by atoms with Crippen LogP contribution in [-0.2, 0) is 0 Å². The van der Waals surface area contributed by atoms with Crippen molar-refractivity contribution in [2.24, 2.45) is 0 Å². The van der Waals surface area contributed by atoms with Gasteiger partial charge in [0.1, 0.15) is 5.75 Å². The summed E-state index contributed by atoms with van der Waals surface area (Å²) in [5.41, 5.74) is 1.56. The lowest BCUT2D eigenvalue weighted by Crippen LogP contribution is -2.01. The van der Waals surface area contributed by atoms with Crippen molar-refractivity contribution in [2.45, 2.75) is 6.92 Å². The molecule has 0 unspecified atom stereocenters. The van der Waals surface area contributed by atoms with E-state index in [1.807, 2.05) is 18.4 Å². The molecule has 16 heavy (non-hydrogen) atoms. The molecule has 0 amide bonds. The van der Waals surface area contributed by atoms with Crippen molar-refractivity contribution in [3.63, 3.8) is 0 Å². The maximum Gasteiger partial charge on any atom is 0.204 e. The Morgan fingerprint density at radius 2 is 2.25 bits per heavy atom. The number of methoxy groups -OCH3 is 1. The molecule has 2 rings (SSSR count). The Morgan fingerprint density at radius 3 is 2.88 bits per heavy atom. The van der Waals surface area contributed by atoms with Crippen LogP contribution in [0.5, 0.6) is 5.75 Å². The zero-order chi connectivity index (χ0) is 11.5. The van der Waals surface area contributed by atoms with Gasteiger partial charge in [0.2, 0.25) is 5.78 Å². The molecule has 0 fully saturated rings. The zero-order valence-electron chi connectivity index (χ0n) is 9.06. The third-order valence-corrected chi connectivity index (χ3v) is 3.29. The number of aryl methyl sites for hydroxylation is 1. The highest BCUT2D eigenvalue weighted by molar-refractivity contribution is 7.12. The SMILES string of the molecule is COc1cncc(C(=O)c2sccc2C)c1. The van der Waals surface area contributed by atoms with E-state index in [0.717, 1.165) is 10.4 Å². The first-order valence-corrected chi connectivity index (χ1v) is 5.68. The van der Waals surface area contributed by atoms with Gasteiger partial charge < -0.3 is 4.74 Å². The predicted octanol–water partition coefficient (Wildman–Crippen LogP) is 2.69. The Bertz CT molecular complexity index is 519. The van der Waals surface area contributed by atoms with Gasteiger partial charge in [0.25, 0.3) is 0 Å². The minimum absolute atomic E-state index is 0.00102. The number of aromatic nitrogens is 1. The lowest BCUT2D eigenvalue weighted by molar-refractivity contribution is 0.104. The van der Waals surface area contributed by atoms with E-state index in [1.54, 1.807) is 25.6 Å². The average Bonchev–Trinajstić information content (AvgIpc) is 2.74. The maximum absolute atomic E-state index is 12.1. The molecular weight excluding hydrogens is 222 g/mol. The smallest absolute Gasteiger partial charge is 0.204 e. The summed E-state index contributed by atoms with van der Waals surface area (Å²) in [7, 11) is 1.56. The Hall–Kier alpha value is -1.68. The van der Waals surface area contributed by atoms with Crippen molar-refractivity contribution in [2.75, 3.05) is 7.11 Å². The minimum Gasteiger partial charge on any atom is -0.495 e. The summed E-state index contributed by atoms with van der Waals surface area (Å²) in [6.45, 7) is 1.93. The Labute approximate surface area is 97.7 Å². The summed E-state index contributed by atoms with van der Waals surface area (Å²) < 4.78 is 5.04. The van der Waals surface area contributed by atoms with Crippen LogP contribution in [0, 0.1) is 6.92 Å². The normalized spacial score (nSPS) is 10.1. The first-order valence-electron chi connectivity index (χ1n) is 4.80. The molecule has 0 radical (unpaired) electrons. The molecule has 4 heteroatoms. The van der Waals surface area contributed by atoms with Crippen LogP contribution in [0.4, 0.5) is 0 Å². The van der Waals surface area contributed by atoms with Crippen LogP contribution in [0.3, 0.4) is 0 Å². The van der Waals surface area contributed by atoms with E-state index in [0.29, 0.717) is 11.3 Å². The third kappa shape index (κ3) is 1.97. The minimum atomic E-state index is -0.00102. The van der Waals surface area contributed by atoms with Crippen molar-refractivity contribution in [3.05, 3.63) is 45.9 Å². The number of carbonyl (C=O) groups is 1. The van der Waals surface area contributed by atoms with Crippen LogP contribution in [-0.4, -0.2) is 17.9 Å². The summed E-state index contributed by atoms with van der Waals surface area (Å²) in [5.74, 6) is 0.596. The van der Waals surface area contributed by atoms with Crippen molar-refractivity contribution >= 4 is 17.1 Å². The molecule has 0 aliphatic heterocycles. The fourth-order valence-corrected chi connectivity index (χ4v) is 2.28. The van der Waals surface area contributed by atoms with Gasteiger partial charge in [0, 0.05) is 11.8 Å². The number of rotatable bonds is 3. The molecule has 2 aromatic rings. The summed E-state index contributed by atoms with van der Waals surface area (Å²) >= 11 is 1.45. The second-order valence-electron chi connectivity index (χ2n) is 3.38. The van der Waals surface area contributed by atoms with Crippen LogP contribution in [0.25, 0.3) is 0 Å². The molecule has 0 saturated heterocycles. The Balaban J connectivity index is 2.38. The van der Waals surface area contributed by atoms with Gasteiger partial charge in [-0.3, -0.25) is 9.78 Å². The van der Waals surface area contributed by atoms with E-state index < -0.39 is 0 Å². The van der Waals surface area contributed by atoms with E-state index in [4.69, 9.17) is 4.74 Å². The van der Waals surface area contributed by atoms with Crippen LogP contribution in [0.2, 0.25) is 0 Å². The molecule has 0 aromatic carbocycles. The van der Waals surface area contributed by atoms with Crippen molar-refractivity contribution in [1.29, 1.82) is 0 Å². The van der Waals surface area contributed by atoms with Crippen LogP contribution in [0.15, 0.2) is 29.9 Å². The summed E-state index contributed by atoms with van der Waals surface area (Å²) in [6.07, 6.45) is 3.14. The highest BCUT2D eigenvalue weighted by Gasteiger charge is 2.13. The number of ketones is 1. The first-order chi connectivity index (χ1) is 7.72. The molecule has 0 aliphatic carbocycles. The van der Waals surface area contributed by atoms with Gasteiger partial charge in [-0.2, -0.15) is 0 Å². The maximum atomic E-state index is 12.1. The van der Waals surface area contributed by atoms with Crippen molar-refractivity contribution in [3.8, 4) is 5.75 Å². The Kier molecular flexibility index (Phi) is 3.01. The van der Waals surface area contributed by atoms with Crippen LogP contribution >= 0.6 is 11.3 Å². The molecule has 0 spiro atoms. The largest absolute Gasteiger partial charge is 0.495 e. The molecule has 2 heterocycles. The van der Waals surface area contributed by atoms with Gasteiger partial charge in [0.15, 0.2) is 0 Å². The number of nitrogens with zero attached hydrogens (tertiary/aromatic N) is 1. The van der Waals surface area contributed by atoms with Gasteiger partial charge in [-0.1, -0.05) is 0 Å². The second kappa shape index (κ2) is 4.45. The molecule has 0 saturated carbocycles. The highest BCUT2D eigenvalue weighted by Crippen LogP contribution is 2.21. The van der Waals surface area contributed by atoms with E-state index in [2.05, 4.69) is 4.98 Å². The number of carbonyl (C=O) groups excluding carboxylic acids is 1. The standard InChI is InChI=1S/C12H11NO2S/c1-8-3-4-16-12(8)11(14)9-5-10(15-2)7-13-6-9/h3-7H,1-2H3. The van der Waals surface area contributed by atoms with Gasteiger partial charge in [0.05, 0.1) is 18.2 Å². The molecule has 82 valence electrons. The van der Waals surface area contributed by atoms with Crippen molar-refractivity contribution < 1.29 is 9.53 Å². The molecule has 0 bridgehead atoms. The predicted molar refractivity (Wildman–Crippen MR) is 63.3 cm³/mol. The molecule has 0 aliphatic rings. The third-order valence-electron chi connectivity index (χ3n) is 2.28. The van der Waals surface area contributed by atoms with Crippen LogP contribution < -0.4 is 4.74 Å². The van der Waals surface area contributed by atoms with E-state index >= 15 is 0 Å². The number of hydrogen-bond donors (Lipinski definition) is 0. The fraction of sp³-hybridized carbons (Fsp3) is 0.167. The lowest BCUT2D eigenvalue weighted by Gasteiger charge is -2.02. The van der Waals surface area contributed by atoms with E-state index in [1.165, 1.54) is 11.3 Å². The average molecular weight is 233 g/mol. The number of thiophene rings is 1. The van der Waals surface area contributed by atoms with Crippen molar-refractivity contribution in [1.82, 2.24) is 4.98 Å². The first kappa shape index (κ1) is 10.8. The second-order valence-corrected chi connectivity index (χ2v) is 4.29. The van der Waals surface area contributed by atoms with Gasteiger partial charge in [-0.25, -0.2) is 0 Å². The summed E-state index contributed by atoms with van der Waals surface area (Å²) in [5, 5.41) is 1.91.